The quantitative estimate of drug-likeness (QED) is 0.0176. The maximum Gasteiger partial charge on any atom is 0.317 e. The minimum Gasteiger partial charge on any atom is -0.426 e. The van der Waals surface area contributed by atoms with Gasteiger partial charge in [0.2, 0.25) is 34.7 Å². The summed E-state index contributed by atoms with van der Waals surface area (Å²) in [6.45, 7) is 28.4. The molecule has 136 heavy (non-hydrogen) atoms. The van der Waals surface area contributed by atoms with E-state index in [-0.39, 0.29) is 113 Å². The van der Waals surface area contributed by atoms with Crippen molar-refractivity contribution in [2.75, 3.05) is 69.5 Å². The van der Waals surface area contributed by atoms with Crippen LogP contribution in [0.2, 0.25) is 0 Å². The van der Waals surface area contributed by atoms with Gasteiger partial charge in [-0.05, 0) is 293 Å². The van der Waals surface area contributed by atoms with Crippen molar-refractivity contribution in [3.63, 3.8) is 0 Å². The van der Waals surface area contributed by atoms with E-state index in [0.717, 1.165) is 95.1 Å². The first-order chi connectivity index (χ1) is 65.4. The maximum absolute atomic E-state index is 13.4. The average Bonchev–Trinajstić information content (AvgIpc) is 0.806. The summed E-state index contributed by atoms with van der Waals surface area (Å²) in [5.41, 5.74) is 9.33. The first-order valence-corrected chi connectivity index (χ1v) is 63.1. The van der Waals surface area contributed by atoms with E-state index in [1.54, 1.807) is 0 Å². The van der Waals surface area contributed by atoms with E-state index in [1.807, 2.05) is 91.0 Å². The molecule has 4 heterocycles. The van der Waals surface area contributed by atoms with Crippen LogP contribution < -0.4 is 4.74 Å². The Morgan fingerprint density at radius 2 is 0.713 bits per heavy atom. The highest BCUT2D eigenvalue weighted by atomic mass is 32.2. The van der Waals surface area contributed by atoms with Gasteiger partial charge in [-0.15, -0.1) is 0 Å². The van der Waals surface area contributed by atoms with Gasteiger partial charge in [0.05, 0.1) is 5.41 Å². The van der Waals surface area contributed by atoms with Gasteiger partial charge in [-0.25, -0.2) is 0 Å². The molecule has 2 unspecified atom stereocenters. The lowest BCUT2D eigenvalue weighted by atomic mass is 9.49. The third kappa shape index (κ3) is 29.0. The Hall–Kier alpha value is -5.87. The third-order valence-electron chi connectivity index (χ3n) is 32.2. The molecular formula is C122H172O8S6+6. The van der Waals surface area contributed by atoms with Crippen LogP contribution in [0.5, 0.6) is 5.75 Å². The van der Waals surface area contributed by atoms with Crippen LogP contribution in [0, 0.1) is 28.6 Å². The summed E-state index contributed by atoms with van der Waals surface area (Å²) in [6.07, 6.45) is 46.7. The van der Waals surface area contributed by atoms with Crippen molar-refractivity contribution in [3.05, 3.63) is 238 Å². The fraction of sp³-hybridized carbons (Fsp3) is 0.598. The highest BCUT2D eigenvalue weighted by Gasteiger charge is 2.57. The number of Topliss-reactive ketones (excluding diaryl/α,β-unsaturated/α-hetero) is 6. The zero-order valence-corrected chi connectivity index (χ0v) is 91.1. The number of carbonyl (C=O) groups excluding carboxylic acids is 7. The highest BCUT2D eigenvalue weighted by Crippen LogP contribution is 2.61. The molecule has 7 aromatic carbocycles. The average molecular weight is 1960 g/mol. The Labute approximate surface area is 841 Å². The first-order valence-electron chi connectivity index (χ1n) is 53.5. The van der Waals surface area contributed by atoms with Gasteiger partial charge in [-0.1, -0.05) is 271 Å². The second-order valence-electron chi connectivity index (χ2n) is 44.0. The van der Waals surface area contributed by atoms with E-state index in [2.05, 4.69) is 193 Å². The molecule has 11 aliphatic rings. The van der Waals surface area contributed by atoms with Gasteiger partial charge in [0.15, 0.2) is 34.9 Å². The molecule has 0 N–H and O–H groups in total. The lowest BCUT2D eigenvalue weighted by Gasteiger charge is -2.55. The number of benzene rings is 7. The smallest absolute Gasteiger partial charge is 0.317 e. The molecule has 738 valence electrons. The zero-order chi connectivity index (χ0) is 97.1. The molecule has 4 aliphatic heterocycles. The molecule has 0 aromatic heterocycles. The SMILES string of the molecule is CC(C)(C(=O)c1ccc(C2CCCCC2)cc1)[S+]1CCCC1.CC(C)(C(=O)c1ccccc1)[S+]1CCCC1.CCC(CC)(C(=O)c1ccc(C2CCCCC2)cc1)[S+]1CCCC1.CCCC[S+](CCCC)C(C(=O)c1ccccc1)C(C)(C)C.C[S+](c1ccccc1)C(C)(C)C(=O)c1ccc(C2CCCCC2)cc1.O=C(C[S+]1CCCC1)c1ccc(OC(=O)C23CC4CC(CC(C4)C2)C3)cc1. The van der Waals surface area contributed by atoms with Crippen LogP contribution >= 0.6 is 0 Å². The lowest BCUT2D eigenvalue weighted by Crippen LogP contribution is -2.51. The summed E-state index contributed by atoms with van der Waals surface area (Å²) >= 11 is 0. The van der Waals surface area contributed by atoms with Gasteiger partial charge in [-0.3, -0.25) is 33.6 Å². The second-order valence-corrected chi connectivity index (χ2v) is 59.4. The van der Waals surface area contributed by atoms with Gasteiger partial charge in [0.25, 0.3) is 0 Å². The first kappa shape index (κ1) is 109. The number of ketones is 6. The van der Waals surface area contributed by atoms with Gasteiger partial charge < -0.3 is 4.74 Å². The summed E-state index contributed by atoms with van der Waals surface area (Å²) in [5, 5.41) is 0.146. The van der Waals surface area contributed by atoms with Crippen molar-refractivity contribution >= 4 is 106 Å². The molecule has 7 saturated carbocycles. The van der Waals surface area contributed by atoms with E-state index in [1.165, 1.54) is 272 Å². The zero-order valence-electron chi connectivity index (χ0n) is 86.2. The molecule has 4 saturated heterocycles. The van der Waals surface area contributed by atoms with Crippen molar-refractivity contribution in [1.82, 2.24) is 0 Å². The van der Waals surface area contributed by atoms with Crippen LogP contribution in [0.15, 0.2) is 193 Å². The number of esters is 1. The standard InChI is InChI=1S/C23H29O3S.C23H29OS.C22H33OS.C20H29OS.C20H33OS.C14H19OS/c24-21(15-27-7-1-2-8-27)19-3-5-20(6-4-19)26-22(25)23-12-16-9-17(13-23)11-18(10-16)14-23;1-23(2,25(3)21-12-8-5-9-13-21)22(24)20-16-14-19(15-17-20)18-10-6-4-7-11-18;1-3-22(4-2,24-16-8-9-17-24)21(23)20-14-12-19(13-15-20)18-10-6-5-7-11-18;1-20(2,22-14-6-7-15-22)19(21)18-12-10-17(11-13-18)16-8-4-3-5-9-16;1-6-8-15-22(16-9-7-2)19(20(3,4)5)18(21)17-13-11-10-12-14-17;1-14(2,16-10-6-7-11-16)13(15)12-8-4-3-5-9-12/h3-6,16-18H,1-2,7-15H2;5,8-9,12-18H,4,6-7,10-11H2,1-3H3;12-15,18H,3-11,16-17H2,1-2H3;10-13,16H,3-9,14-15H2,1-2H3;10-14,19H,6-9,15-16H2,1-5H3;3-5,8-9H,6-7,10-11H2,1-2H3/q6*+1. The molecular weight excluding hydrogens is 1790 g/mol. The normalized spacial score (nSPS) is 21.3. The van der Waals surface area contributed by atoms with Crippen molar-refractivity contribution in [2.45, 2.75) is 362 Å². The summed E-state index contributed by atoms with van der Waals surface area (Å²) < 4.78 is 4.98. The van der Waals surface area contributed by atoms with Crippen LogP contribution in [0.4, 0.5) is 0 Å². The summed E-state index contributed by atoms with van der Waals surface area (Å²) in [6, 6.07) is 63.1. The van der Waals surface area contributed by atoms with Crippen LogP contribution in [0.1, 0.15) is 411 Å². The molecule has 18 rings (SSSR count). The fourth-order valence-corrected chi connectivity index (χ4v) is 39.9. The van der Waals surface area contributed by atoms with Crippen molar-refractivity contribution in [3.8, 4) is 5.75 Å². The molecule has 0 radical (unpaired) electrons. The van der Waals surface area contributed by atoms with Gasteiger partial charge in [-0.2, -0.15) is 0 Å². The Balaban J connectivity index is 0.000000148. The third-order valence-corrected chi connectivity index (χ3v) is 50.3. The van der Waals surface area contributed by atoms with Crippen LogP contribution in [-0.2, 0) is 70.2 Å². The maximum atomic E-state index is 13.4. The van der Waals surface area contributed by atoms with Gasteiger partial charge >= 0.3 is 5.97 Å². The highest BCUT2D eigenvalue weighted by molar-refractivity contribution is 8.00. The molecule has 11 fully saturated rings. The Morgan fingerprint density at radius 1 is 0.375 bits per heavy atom. The molecule has 0 amide bonds. The Kier molecular flexibility index (Phi) is 42.0. The number of hydrogen-bond acceptors (Lipinski definition) is 8. The second kappa shape index (κ2) is 52.4. The van der Waals surface area contributed by atoms with Crippen LogP contribution in [-0.4, -0.2) is 134 Å². The van der Waals surface area contributed by atoms with Crippen molar-refractivity contribution < 1.29 is 38.3 Å². The van der Waals surface area contributed by atoms with Crippen LogP contribution in [0.3, 0.4) is 0 Å². The largest absolute Gasteiger partial charge is 0.426 e. The minimum absolute atomic E-state index is 0.0203. The van der Waals surface area contributed by atoms with E-state index >= 15 is 0 Å². The van der Waals surface area contributed by atoms with Gasteiger partial charge in [0.1, 0.15) is 69.5 Å². The molecule has 4 bridgehead atoms. The number of unbranched alkanes of at least 4 members (excludes halogenated alkanes) is 2. The lowest BCUT2D eigenvalue weighted by molar-refractivity contribution is -0.161. The molecule has 2 atom stereocenters. The molecule has 8 nitrogen and oxygen atoms in total. The van der Waals surface area contributed by atoms with Gasteiger partial charge in [0, 0.05) is 95.2 Å². The number of rotatable bonds is 32. The molecule has 0 spiro atoms. The summed E-state index contributed by atoms with van der Waals surface area (Å²) in [7, 11) is 1.18. The molecule has 14 heteroatoms. The fourth-order valence-electron chi connectivity index (χ4n) is 23.9. The summed E-state index contributed by atoms with van der Waals surface area (Å²) in [4.78, 5) is 91.9. The van der Waals surface area contributed by atoms with E-state index in [4.69, 9.17) is 4.74 Å². The Bertz CT molecular complexity index is 4790. The van der Waals surface area contributed by atoms with Crippen LogP contribution in [0.25, 0.3) is 0 Å². The number of hydrogen-bond donors (Lipinski definition) is 0. The Morgan fingerprint density at radius 3 is 1.09 bits per heavy atom. The monoisotopic (exact) mass is 1960 g/mol. The summed E-state index contributed by atoms with van der Waals surface area (Å²) in [5.74, 6) is 19.9. The molecule has 7 aromatic rings. The number of carbonyl (C=O) groups is 7. The molecule has 7 aliphatic carbocycles. The van der Waals surface area contributed by atoms with E-state index < -0.39 is 4.75 Å². The van der Waals surface area contributed by atoms with Crippen molar-refractivity contribution in [1.29, 1.82) is 0 Å². The predicted molar refractivity (Wildman–Crippen MR) is 592 cm³/mol. The number of ether oxygens (including phenoxy) is 1. The van der Waals surface area contributed by atoms with Crippen molar-refractivity contribution in [2.24, 2.45) is 28.6 Å². The predicted octanol–water partition coefficient (Wildman–Crippen LogP) is 30.0. The minimum atomic E-state index is -0.395. The van der Waals surface area contributed by atoms with E-state index in [0.29, 0.717) is 40.6 Å². The topological polar surface area (TPSA) is 129 Å². The van der Waals surface area contributed by atoms with E-state index in [9.17, 15) is 33.6 Å².